The predicted molar refractivity (Wildman–Crippen MR) is 85.5 cm³/mol. The van der Waals surface area contributed by atoms with Crippen LogP contribution in [0.2, 0.25) is 0 Å². The molecule has 1 saturated heterocycles. The highest BCUT2D eigenvalue weighted by Crippen LogP contribution is 2.25. The van der Waals surface area contributed by atoms with Crippen LogP contribution in [0.3, 0.4) is 0 Å². The number of nitrogens with zero attached hydrogens (tertiary/aromatic N) is 1. The molecule has 1 unspecified atom stereocenters. The molecule has 0 bridgehead atoms. The van der Waals surface area contributed by atoms with Gasteiger partial charge in [-0.2, -0.15) is 0 Å². The fourth-order valence-electron chi connectivity index (χ4n) is 2.60. The molecule has 1 aromatic rings. The van der Waals surface area contributed by atoms with Gasteiger partial charge >= 0.3 is 0 Å². The van der Waals surface area contributed by atoms with Gasteiger partial charge < -0.3 is 15.8 Å². The van der Waals surface area contributed by atoms with E-state index >= 15 is 0 Å². The lowest BCUT2D eigenvalue weighted by molar-refractivity contribution is -0.121. The van der Waals surface area contributed by atoms with Crippen LogP contribution in [0.5, 0.6) is 5.75 Å². The van der Waals surface area contributed by atoms with Gasteiger partial charge in [0.15, 0.2) is 0 Å². The van der Waals surface area contributed by atoms with E-state index in [1.807, 2.05) is 6.92 Å². The van der Waals surface area contributed by atoms with Gasteiger partial charge in [-0.25, -0.2) is 0 Å². The zero-order valence-electron chi connectivity index (χ0n) is 13.1. The van der Waals surface area contributed by atoms with Crippen LogP contribution in [0.25, 0.3) is 0 Å². The average Bonchev–Trinajstić information content (AvgIpc) is 2.49. The maximum absolute atomic E-state index is 12.4. The van der Waals surface area contributed by atoms with E-state index in [9.17, 15) is 4.79 Å². The molecule has 5 heteroatoms. The summed E-state index contributed by atoms with van der Waals surface area (Å²) in [5, 5.41) is 2.91. The topological polar surface area (TPSA) is 67.6 Å². The Bertz CT molecular complexity index is 496. The summed E-state index contributed by atoms with van der Waals surface area (Å²) in [6.45, 7) is 6.17. The van der Waals surface area contributed by atoms with E-state index in [4.69, 9.17) is 10.5 Å². The van der Waals surface area contributed by atoms with E-state index in [-0.39, 0.29) is 11.9 Å². The molecule has 1 fully saturated rings. The largest absolute Gasteiger partial charge is 0.497 e. The van der Waals surface area contributed by atoms with Crippen LogP contribution in [-0.4, -0.2) is 37.0 Å². The molecule has 1 heterocycles. The molecule has 1 amide bonds. The third-order valence-corrected chi connectivity index (χ3v) is 4.26. The number of benzene rings is 1. The zero-order chi connectivity index (χ0) is 15.4. The van der Waals surface area contributed by atoms with Gasteiger partial charge in [0.25, 0.3) is 0 Å². The van der Waals surface area contributed by atoms with Crippen molar-refractivity contribution in [2.24, 2.45) is 5.92 Å². The van der Waals surface area contributed by atoms with Crippen molar-refractivity contribution in [2.75, 3.05) is 31.2 Å². The molecule has 1 aliphatic heterocycles. The number of hydrogen-bond acceptors (Lipinski definition) is 4. The number of nitrogens with one attached hydrogen (secondary N) is 1. The van der Waals surface area contributed by atoms with Gasteiger partial charge in [-0.15, -0.1) is 0 Å². The molecule has 2 rings (SSSR count). The van der Waals surface area contributed by atoms with Gasteiger partial charge in [0.2, 0.25) is 5.91 Å². The first kappa shape index (κ1) is 15.6. The Morgan fingerprint density at radius 3 is 2.67 bits per heavy atom. The molecule has 116 valence electrons. The Labute approximate surface area is 126 Å². The highest BCUT2D eigenvalue weighted by Gasteiger charge is 2.25. The summed E-state index contributed by atoms with van der Waals surface area (Å²) in [7, 11) is 1.59. The van der Waals surface area contributed by atoms with E-state index < -0.39 is 0 Å². The van der Waals surface area contributed by atoms with Crippen LogP contribution in [0.4, 0.5) is 11.4 Å². The number of rotatable bonds is 4. The van der Waals surface area contributed by atoms with Crippen molar-refractivity contribution in [3.05, 3.63) is 18.2 Å². The van der Waals surface area contributed by atoms with Gasteiger partial charge in [-0.1, -0.05) is 6.92 Å². The molecule has 3 N–H and O–H groups in total. The Morgan fingerprint density at radius 1 is 1.43 bits per heavy atom. The first-order valence-electron chi connectivity index (χ1n) is 7.49. The molecule has 1 aromatic carbocycles. The lowest BCUT2D eigenvalue weighted by atomic mass is 9.98. The standard InChI is InChI=1S/C16H25N3O2/c1-11-6-8-19(9-7-11)12(2)16(20)18-15-5-4-13(21-3)10-14(15)17/h4-5,10-12H,6-9,17H2,1-3H3,(H,18,20). The lowest BCUT2D eigenvalue weighted by Gasteiger charge is -2.34. The lowest BCUT2D eigenvalue weighted by Crippen LogP contribution is -2.45. The van der Waals surface area contributed by atoms with Crippen LogP contribution in [-0.2, 0) is 4.79 Å². The molecule has 1 atom stereocenters. The maximum atomic E-state index is 12.4. The maximum Gasteiger partial charge on any atom is 0.241 e. The minimum absolute atomic E-state index is 0.0126. The van der Waals surface area contributed by atoms with Crippen LogP contribution >= 0.6 is 0 Å². The highest BCUT2D eigenvalue weighted by molar-refractivity contribution is 5.97. The van der Waals surface area contributed by atoms with Gasteiger partial charge in [-0.05, 0) is 50.9 Å². The molecular weight excluding hydrogens is 266 g/mol. The van der Waals surface area contributed by atoms with Crippen LogP contribution in [0, 0.1) is 5.92 Å². The van der Waals surface area contributed by atoms with E-state index in [0.717, 1.165) is 31.8 Å². The molecule has 1 aliphatic rings. The number of carbonyl (C=O) groups is 1. The fraction of sp³-hybridized carbons (Fsp3) is 0.562. The van der Waals surface area contributed by atoms with Crippen molar-refractivity contribution in [1.82, 2.24) is 4.90 Å². The second-order valence-corrected chi connectivity index (χ2v) is 5.84. The van der Waals surface area contributed by atoms with Gasteiger partial charge in [-0.3, -0.25) is 9.69 Å². The van der Waals surface area contributed by atoms with Crippen LogP contribution in [0.1, 0.15) is 26.7 Å². The smallest absolute Gasteiger partial charge is 0.241 e. The average molecular weight is 291 g/mol. The third-order valence-electron chi connectivity index (χ3n) is 4.26. The van der Waals surface area contributed by atoms with Gasteiger partial charge in [0, 0.05) is 6.07 Å². The number of piperidine rings is 1. The number of hydrogen-bond donors (Lipinski definition) is 2. The summed E-state index contributed by atoms with van der Waals surface area (Å²) in [6, 6.07) is 5.14. The van der Waals surface area contributed by atoms with Crippen molar-refractivity contribution in [3.8, 4) is 5.75 Å². The number of nitrogen functional groups attached to an aromatic ring is 1. The SMILES string of the molecule is COc1ccc(NC(=O)C(C)N2CCC(C)CC2)c(N)c1. The summed E-state index contributed by atoms with van der Waals surface area (Å²) in [4.78, 5) is 14.6. The van der Waals surface area contributed by atoms with Gasteiger partial charge in [0.1, 0.15) is 5.75 Å². The molecule has 5 nitrogen and oxygen atoms in total. The number of ether oxygens (including phenoxy) is 1. The van der Waals surface area contributed by atoms with Crippen molar-refractivity contribution >= 4 is 17.3 Å². The van der Waals surface area contributed by atoms with E-state index in [1.54, 1.807) is 25.3 Å². The molecule has 21 heavy (non-hydrogen) atoms. The molecule has 0 radical (unpaired) electrons. The predicted octanol–water partition coefficient (Wildman–Crippen LogP) is 2.34. The van der Waals surface area contributed by atoms with E-state index in [2.05, 4.69) is 17.1 Å². The number of nitrogens with two attached hydrogens (primary N) is 1. The number of carbonyl (C=O) groups excluding carboxylic acids is 1. The Balaban J connectivity index is 1.97. The quantitative estimate of drug-likeness (QED) is 0.836. The minimum atomic E-state index is -0.140. The van der Waals surface area contributed by atoms with Crippen LogP contribution < -0.4 is 15.8 Å². The monoisotopic (exact) mass is 291 g/mol. The third kappa shape index (κ3) is 3.88. The Morgan fingerprint density at radius 2 is 2.10 bits per heavy atom. The molecule has 0 spiro atoms. The van der Waals surface area contributed by atoms with Crippen molar-refractivity contribution in [2.45, 2.75) is 32.7 Å². The Kier molecular flexibility index (Phi) is 5.07. The van der Waals surface area contributed by atoms with Crippen molar-refractivity contribution < 1.29 is 9.53 Å². The Hall–Kier alpha value is -1.75. The molecule has 0 saturated carbocycles. The van der Waals surface area contributed by atoms with Crippen molar-refractivity contribution in [3.63, 3.8) is 0 Å². The number of anilines is 2. The van der Waals surface area contributed by atoms with Gasteiger partial charge in [0.05, 0.1) is 24.5 Å². The first-order valence-corrected chi connectivity index (χ1v) is 7.49. The minimum Gasteiger partial charge on any atom is -0.497 e. The summed E-state index contributed by atoms with van der Waals surface area (Å²) >= 11 is 0. The van der Waals surface area contributed by atoms with Crippen LogP contribution in [0.15, 0.2) is 18.2 Å². The summed E-state index contributed by atoms with van der Waals surface area (Å²) < 4.78 is 5.11. The zero-order valence-corrected chi connectivity index (χ0v) is 13.1. The summed E-state index contributed by atoms with van der Waals surface area (Å²) in [6.07, 6.45) is 2.31. The molecule has 0 aromatic heterocycles. The number of methoxy groups -OCH3 is 1. The second-order valence-electron chi connectivity index (χ2n) is 5.84. The summed E-state index contributed by atoms with van der Waals surface area (Å²) in [5.74, 6) is 1.43. The fourth-order valence-corrected chi connectivity index (χ4v) is 2.60. The summed E-state index contributed by atoms with van der Waals surface area (Å²) in [5.41, 5.74) is 7.09. The first-order chi connectivity index (χ1) is 10.0. The number of likely N-dealkylation sites (tertiary alicyclic amines) is 1. The van der Waals surface area contributed by atoms with Crippen molar-refractivity contribution in [1.29, 1.82) is 0 Å². The normalized spacial score (nSPS) is 18.2. The number of amides is 1. The molecular formula is C16H25N3O2. The highest BCUT2D eigenvalue weighted by atomic mass is 16.5. The van der Waals surface area contributed by atoms with E-state index in [1.165, 1.54) is 0 Å². The van der Waals surface area contributed by atoms with E-state index in [0.29, 0.717) is 17.1 Å². The second kappa shape index (κ2) is 6.80. The molecule has 0 aliphatic carbocycles.